The number of ether oxygens (including phenoxy) is 1. The summed E-state index contributed by atoms with van der Waals surface area (Å²) in [7, 11) is 0. The molecular weight excluding hydrogens is 418 g/mol. The van der Waals surface area contributed by atoms with E-state index in [1.807, 2.05) is 17.9 Å². The maximum Gasteiger partial charge on any atom is 0.255 e. The van der Waals surface area contributed by atoms with E-state index < -0.39 is 0 Å². The molecule has 1 aliphatic heterocycles. The maximum absolute atomic E-state index is 13.1. The maximum atomic E-state index is 13.1. The summed E-state index contributed by atoms with van der Waals surface area (Å²) >= 11 is 0. The van der Waals surface area contributed by atoms with Crippen molar-refractivity contribution in [2.24, 2.45) is 10.7 Å². The third-order valence-electron chi connectivity index (χ3n) is 5.09. The Kier molecular flexibility index (Phi) is 8.18. The molecule has 1 aromatic heterocycles. The van der Waals surface area contributed by atoms with Crippen LogP contribution < -0.4 is 15.8 Å². The molecule has 0 aliphatic carbocycles. The number of amidine groups is 1. The Balaban J connectivity index is 1.84. The molecule has 0 bridgehead atoms. The van der Waals surface area contributed by atoms with Gasteiger partial charge < -0.3 is 20.7 Å². The fourth-order valence-electron chi connectivity index (χ4n) is 3.66. The number of nitrogens with one attached hydrogen (secondary N) is 1. The van der Waals surface area contributed by atoms with Gasteiger partial charge in [0.05, 0.1) is 30.4 Å². The van der Waals surface area contributed by atoms with Crippen molar-refractivity contribution in [3.05, 3.63) is 53.4 Å². The number of pyridine rings is 1. The second-order valence-electron chi connectivity index (χ2n) is 7.81. The van der Waals surface area contributed by atoms with Gasteiger partial charge in [0.15, 0.2) is 0 Å². The van der Waals surface area contributed by atoms with E-state index in [0.29, 0.717) is 53.8 Å². The lowest BCUT2D eigenvalue weighted by Gasteiger charge is -2.22. The van der Waals surface area contributed by atoms with Crippen LogP contribution in [0.25, 0.3) is 6.08 Å². The molecule has 0 unspecified atom stereocenters. The van der Waals surface area contributed by atoms with E-state index in [1.165, 1.54) is 0 Å². The van der Waals surface area contributed by atoms with Crippen molar-refractivity contribution >= 4 is 35.1 Å². The minimum atomic E-state index is -0.302. The molecule has 2 heterocycles. The number of anilines is 1. The van der Waals surface area contributed by atoms with Gasteiger partial charge >= 0.3 is 0 Å². The Hall–Kier alpha value is -3.68. The number of carbonyl (C=O) groups excluding carboxylic acids is 2. The first kappa shape index (κ1) is 24.0. The zero-order chi connectivity index (χ0) is 23.8. The van der Waals surface area contributed by atoms with Crippen LogP contribution in [-0.2, 0) is 4.79 Å². The first-order chi connectivity index (χ1) is 15.9. The summed E-state index contributed by atoms with van der Waals surface area (Å²) in [6.07, 6.45) is 7.03. The van der Waals surface area contributed by atoms with Gasteiger partial charge in [-0.1, -0.05) is 19.9 Å². The van der Waals surface area contributed by atoms with Crippen LogP contribution in [0.15, 0.2) is 47.2 Å². The Morgan fingerprint density at radius 1 is 1.12 bits per heavy atom. The SMILES string of the molecule is CCCN(CCC)C(=O)C1=Cc2ccc(C(=O)Nc3cncc(OCC)c3)cc2N=C(N)C1. The molecule has 8 nitrogen and oxygen atoms in total. The van der Waals surface area contributed by atoms with Crippen LogP contribution in [0.5, 0.6) is 5.75 Å². The molecule has 1 aliphatic rings. The Morgan fingerprint density at radius 2 is 1.88 bits per heavy atom. The van der Waals surface area contributed by atoms with Gasteiger partial charge in [0.25, 0.3) is 5.91 Å². The molecule has 0 radical (unpaired) electrons. The van der Waals surface area contributed by atoms with Gasteiger partial charge in [-0.15, -0.1) is 0 Å². The lowest BCUT2D eigenvalue weighted by atomic mass is 10.0. The lowest BCUT2D eigenvalue weighted by Crippen LogP contribution is -2.34. The first-order valence-electron chi connectivity index (χ1n) is 11.3. The minimum absolute atomic E-state index is 0.0202. The number of aromatic nitrogens is 1. The van der Waals surface area contributed by atoms with Gasteiger partial charge in [-0.25, -0.2) is 4.99 Å². The molecule has 0 atom stereocenters. The topological polar surface area (TPSA) is 110 Å². The average Bonchev–Trinajstić information content (AvgIpc) is 2.96. The summed E-state index contributed by atoms with van der Waals surface area (Å²) in [4.78, 5) is 36.3. The Morgan fingerprint density at radius 3 is 2.58 bits per heavy atom. The zero-order valence-corrected chi connectivity index (χ0v) is 19.4. The summed E-state index contributed by atoms with van der Waals surface area (Å²) in [6, 6.07) is 6.89. The van der Waals surface area contributed by atoms with E-state index in [-0.39, 0.29) is 18.2 Å². The zero-order valence-electron chi connectivity index (χ0n) is 19.4. The summed E-state index contributed by atoms with van der Waals surface area (Å²) in [5.41, 5.74) is 9.01. The van der Waals surface area contributed by atoms with E-state index in [4.69, 9.17) is 10.5 Å². The van der Waals surface area contributed by atoms with Crippen molar-refractivity contribution in [3.63, 3.8) is 0 Å². The molecule has 174 valence electrons. The largest absolute Gasteiger partial charge is 0.492 e. The number of benzene rings is 1. The fourth-order valence-corrected chi connectivity index (χ4v) is 3.66. The smallest absolute Gasteiger partial charge is 0.255 e. The third-order valence-corrected chi connectivity index (χ3v) is 5.09. The molecule has 0 saturated heterocycles. The van der Waals surface area contributed by atoms with E-state index >= 15 is 0 Å². The normalized spacial score (nSPS) is 12.7. The van der Waals surface area contributed by atoms with Crippen molar-refractivity contribution in [2.75, 3.05) is 25.0 Å². The van der Waals surface area contributed by atoms with Crippen molar-refractivity contribution in [1.82, 2.24) is 9.88 Å². The lowest BCUT2D eigenvalue weighted by molar-refractivity contribution is -0.127. The van der Waals surface area contributed by atoms with Gasteiger partial charge in [0, 0.05) is 42.3 Å². The number of hydrogen-bond acceptors (Lipinski definition) is 6. The second kappa shape index (κ2) is 11.3. The summed E-state index contributed by atoms with van der Waals surface area (Å²) in [6.45, 7) is 7.90. The quantitative estimate of drug-likeness (QED) is 0.597. The molecule has 0 fully saturated rings. The van der Waals surface area contributed by atoms with E-state index in [9.17, 15) is 9.59 Å². The molecule has 1 aromatic carbocycles. The summed E-state index contributed by atoms with van der Waals surface area (Å²) in [5.74, 6) is 0.599. The fraction of sp³-hybridized carbons (Fsp3) is 0.360. The van der Waals surface area contributed by atoms with Crippen LogP contribution >= 0.6 is 0 Å². The van der Waals surface area contributed by atoms with Crippen molar-refractivity contribution in [3.8, 4) is 5.75 Å². The standard InChI is InChI=1S/C25H31N5O3/c1-4-9-30(10-5-2)25(32)19-11-17-7-8-18(12-22(17)29-23(26)13-19)24(31)28-20-14-21(33-6-3)16-27-15-20/h7-8,11-12,14-16H,4-6,9-10,13H2,1-3H3,(H2,26,29)(H,28,31). The highest BCUT2D eigenvalue weighted by molar-refractivity contribution is 6.07. The van der Waals surface area contributed by atoms with Gasteiger partial charge in [-0.2, -0.15) is 0 Å². The Labute approximate surface area is 194 Å². The summed E-state index contributed by atoms with van der Waals surface area (Å²) in [5, 5.41) is 2.82. The van der Waals surface area contributed by atoms with Gasteiger partial charge in [-0.05, 0) is 38.0 Å². The van der Waals surface area contributed by atoms with Crippen molar-refractivity contribution in [1.29, 1.82) is 0 Å². The molecule has 3 N–H and O–H groups in total. The van der Waals surface area contributed by atoms with Gasteiger partial charge in [-0.3, -0.25) is 14.6 Å². The molecule has 0 spiro atoms. The van der Waals surface area contributed by atoms with Crippen LogP contribution in [0, 0.1) is 0 Å². The van der Waals surface area contributed by atoms with Crippen LogP contribution in [0.1, 0.15) is 56.0 Å². The molecule has 2 aromatic rings. The monoisotopic (exact) mass is 449 g/mol. The van der Waals surface area contributed by atoms with Crippen LogP contribution in [0.4, 0.5) is 11.4 Å². The molecular formula is C25H31N5O3. The molecule has 2 amide bonds. The predicted octanol–water partition coefficient (Wildman–Crippen LogP) is 4.16. The first-order valence-corrected chi connectivity index (χ1v) is 11.3. The number of hydrogen-bond donors (Lipinski definition) is 2. The molecule has 0 saturated carbocycles. The minimum Gasteiger partial charge on any atom is -0.492 e. The molecule has 3 rings (SSSR count). The van der Waals surface area contributed by atoms with Crippen molar-refractivity contribution < 1.29 is 14.3 Å². The highest BCUT2D eigenvalue weighted by atomic mass is 16.5. The van der Waals surface area contributed by atoms with Gasteiger partial charge in [0.2, 0.25) is 5.91 Å². The second-order valence-corrected chi connectivity index (χ2v) is 7.81. The van der Waals surface area contributed by atoms with Crippen LogP contribution in [0.3, 0.4) is 0 Å². The van der Waals surface area contributed by atoms with Crippen LogP contribution in [-0.4, -0.2) is 47.2 Å². The van der Waals surface area contributed by atoms with E-state index in [1.54, 1.807) is 36.7 Å². The van der Waals surface area contributed by atoms with E-state index in [2.05, 4.69) is 29.1 Å². The third kappa shape index (κ3) is 6.19. The van der Waals surface area contributed by atoms with Crippen molar-refractivity contribution in [2.45, 2.75) is 40.0 Å². The van der Waals surface area contributed by atoms with Gasteiger partial charge in [0.1, 0.15) is 11.6 Å². The number of carbonyl (C=O) groups is 2. The predicted molar refractivity (Wildman–Crippen MR) is 131 cm³/mol. The van der Waals surface area contributed by atoms with Crippen LogP contribution in [0.2, 0.25) is 0 Å². The number of rotatable bonds is 9. The average molecular weight is 450 g/mol. The number of fused-ring (bicyclic) bond motifs is 1. The number of amides is 2. The highest BCUT2D eigenvalue weighted by Gasteiger charge is 2.21. The molecule has 33 heavy (non-hydrogen) atoms. The number of aliphatic imine (C=N–C) groups is 1. The Bertz CT molecular complexity index is 1070. The molecule has 8 heteroatoms. The highest BCUT2D eigenvalue weighted by Crippen LogP contribution is 2.29. The summed E-state index contributed by atoms with van der Waals surface area (Å²) < 4.78 is 5.43. The number of nitrogens with zero attached hydrogens (tertiary/aromatic N) is 3. The number of nitrogens with two attached hydrogens (primary N) is 1. The van der Waals surface area contributed by atoms with E-state index in [0.717, 1.165) is 18.4 Å².